The van der Waals surface area contributed by atoms with Gasteiger partial charge in [0, 0.05) is 38.5 Å². The number of halogens is 2. The summed E-state index contributed by atoms with van der Waals surface area (Å²) in [6.45, 7) is 3.09. The lowest BCUT2D eigenvalue weighted by molar-refractivity contribution is 0.184. The molecule has 3 heterocycles. The summed E-state index contributed by atoms with van der Waals surface area (Å²) in [7, 11) is 0. The predicted molar refractivity (Wildman–Crippen MR) is 112 cm³/mol. The number of urea groups is 1. The molecule has 0 bridgehead atoms. The number of rotatable bonds is 4. The Hall–Kier alpha value is -2.85. The Kier molecular flexibility index (Phi) is 5.78. The summed E-state index contributed by atoms with van der Waals surface area (Å²) >= 11 is 1.21. The van der Waals surface area contributed by atoms with Crippen molar-refractivity contribution in [3.05, 3.63) is 47.7 Å². The van der Waals surface area contributed by atoms with Gasteiger partial charge in [0.15, 0.2) is 16.8 Å². The number of nitrogens with zero attached hydrogens (tertiary/aromatic N) is 4. The third-order valence-electron chi connectivity index (χ3n) is 5.03. The van der Waals surface area contributed by atoms with E-state index < -0.39 is 5.82 Å². The minimum Gasteiger partial charge on any atom is -0.396 e. The summed E-state index contributed by atoms with van der Waals surface area (Å²) in [6, 6.07) is 5.21. The normalized spacial score (nSPS) is 16.9. The molecule has 2 amide bonds. The van der Waals surface area contributed by atoms with Crippen molar-refractivity contribution < 1.29 is 18.7 Å². The topological polar surface area (TPSA) is 81.6 Å². The fraction of sp³-hybridized carbons (Fsp3) is 0.350. The number of aromatic nitrogens is 2. The summed E-state index contributed by atoms with van der Waals surface area (Å²) in [4.78, 5) is 24.7. The highest BCUT2D eigenvalue weighted by Crippen LogP contribution is 2.27. The fourth-order valence-corrected chi connectivity index (χ4v) is 4.42. The van der Waals surface area contributed by atoms with Crippen LogP contribution in [0.25, 0.3) is 10.2 Å². The zero-order valence-electron chi connectivity index (χ0n) is 16.3. The molecule has 3 aromatic rings. The first-order chi connectivity index (χ1) is 14.4. The smallest absolute Gasteiger partial charge is 0.324 e. The molecule has 2 aromatic heterocycles. The van der Waals surface area contributed by atoms with Crippen molar-refractivity contribution in [1.82, 2.24) is 14.9 Å². The number of aliphatic hydroxyl groups excluding tert-OH is 1. The highest BCUT2D eigenvalue weighted by atomic mass is 32.1. The molecule has 0 radical (unpaired) electrons. The maximum atomic E-state index is 14.4. The molecule has 2 N–H and O–H groups in total. The quantitative estimate of drug-likeness (QED) is 0.660. The number of hydrogen-bond acceptors (Lipinski definition) is 6. The van der Waals surface area contributed by atoms with Gasteiger partial charge in [-0.1, -0.05) is 11.3 Å². The molecule has 1 aliphatic heterocycles. The monoisotopic (exact) mass is 433 g/mol. The Balaban J connectivity index is 1.41. The van der Waals surface area contributed by atoms with Crippen LogP contribution in [-0.4, -0.2) is 58.3 Å². The number of piperazine rings is 1. The first kappa shape index (κ1) is 20.4. The number of carbonyl (C=O) groups is 1. The van der Waals surface area contributed by atoms with Crippen LogP contribution in [0.3, 0.4) is 0 Å². The van der Waals surface area contributed by atoms with Gasteiger partial charge in [0.25, 0.3) is 0 Å². The number of carbonyl (C=O) groups excluding carboxylic acids is 1. The molecule has 30 heavy (non-hydrogen) atoms. The van der Waals surface area contributed by atoms with Crippen LogP contribution in [-0.2, 0) is 6.42 Å². The van der Waals surface area contributed by atoms with Crippen LogP contribution in [0.4, 0.5) is 24.5 Å². The lowest BCUT2D eigenvalue weighted by Gasteiger charge is -2.40. The summed E-state index contributed by atoms with van der Waals surface area (Å²) in [5, 5.41) is 12.2. The van der Waals surface area contributed by atoms with Crippen molar-refractivity contribution in [1.29, 1.82) is 0 Å². The largest absolute Gasteiger partial charge is 0.396 e. The van der Waals surface area contributed by atoms with Crippen molar-refractivity contribution in [2.45, 2.75) is 19.4 Å². The summed E-state index contributed by atoms with van der Waals surface area (Å²) < 4.78 is 28.5. The van der Waals surface area contributed by atoms with E-state index >= 15 is 0 Å². The Morgan fingerprint density at radius 2 is 2.17 bits per heavy atom. The van der Waals surface area contributed by atoms with E-state index in [9.17, 15) is 13.6 Å². The van der Waals surface area contributed by atoms with E-state index in [1.807, 2.05) is 11.8 Å². The molecule has 10 heteroatoms. The van der Waals surface area contributed by atoms with E-state index in [1.165, 1.54) is 29.5 Å². The maximum Gasteiger partial charge on any atom is 0.324 e. The second-order valence-corrected chi connectivity index (χ2v) is 8.20. The SMILES string of the molecule is CC1CN(c2ncc(CCO)cc2F)CCN1C(=O)Nc1nc2ccc(F)cc2s1. The molecule has 0 saturated carbocycles. The molecule has 0 spiro atoms. The van der Waals surface area contributed by atoms with E-state index in [1.54, 1.807) is 17.2 Å². The lowest BCUT2D eigenvalue weighted by Crippen LogP contribution is -2.55. The highest BCUT2D eigenvalue weighted by Gasteiger charge is 2.29. The van der Waals surface area contributed by atoms with E-state index in [0.29, 0.717) is 47.0 Å². The molecule has 7 nitrogen and oxygen atoms in total. The number of nitrogens with one attached hydrogen (secondary N) is 1. The summed E-state index contributed by atoms with van der Waals surface area (Å²) in [5.74, 6) is -0.538. The molecular formula is C20H21F2N5O2S. The molecule has 1 fully saturated rings. The van der Waals surface area contributed by atoms with Crippen LogP contribution in [0.5, 0.6) is 0 Å². The molecule has 1 saturated heterocycles. The minimum atomic E-state index is -0.437. The average molecular weight is 433 g/mol. The third-order valence-corrected chi connectivity index (χ3v) is 5.96. The van der Waals surface area contributed by atoms with Gasteiger partial charge in [-0.25, -0.2) is 23.5 Å². The zero-order valence-corrected chi connectivity index (χ0v) is 17.1. The van der Waals surface area contributed by atoms with E-state index in [0.717, 1.165) is 0 Å². The summed E-state index contributed by atoms with van der Waals surface area (Å²) in [6.07, 6.45) is 1.92. The Morgan fingerprint density at radius 1 is 1.33 bits per heavy atom. The van der Waals surface area contributed by atoms with Gasteiger partial charge in [-0.15, -0.1) is 0 Å². The van der Waals surface area contributed by atoms with Gasteiger partial charge in [0.05, 0.1) is 10.2 Å². The van der Waals surface area contributed by atoms with Gasteiger partial charge >= 0.3 is 6.03 Å². The van der Waals surface area contributed by atoms with Crippen molar-refractivity contribution in [2.24, 2.45) is 0 Å². The molecule has 1 atom stereocenters. The Morgan fingerprint density at radius 3 is 2.90 bits per heavy atom. The van der Waals surface area contributed by atoms with Gasteiger partial charge in [0.2, 0.25) is 0 Å². The van der Waals surface area contributed by atoms with E-state index in [2.05, 4.69) is 15.3 Å². The van der Waals surface area contributed by atoms with Gasteiger partial charge in [-0.05, 0) is 43.2 Å². The maximum absolute atomic E-state index is 14.4. The molecule has 1 aromatic carbocycles. The van der Waals surface area contributed by atoms with Gasteiger partial charge in [-0.2, -0.15) is 0 Å². The summed E-state index contributed by atoms with van der Waals surface area (Å²) in [5.41, 5.74) is 1.27. The number of thiazole rings is 1. The number of benzene rings is 1. The third kappa shape index (κ3) is 4.19. The van der Waals surface area contributed by atoms with Gasteiger partial charge < -0.3 is 14.9 Å². The minimum absolute atomic E-state index is 0.0606. The number of amides is 2. The van der Waals surface area contributed by atoms with Crippen LogP contribution in [0.2, 0.25) is 0 Å². The number of fused-ring (bicyclic) bond motifs is 1. The van der Waals surface area contributed by atoms with Crippen molar-refractivity contribution in [3.8, 4) is 0 Å². The predicted octanol–water partition coefficient (Wildman–Crippen LogP) is 3.25. The second-order valence-electron chi connectivity index (χ2n) is 7.17. The molecular weight excluding hydrogens is 412 g/mol. The number of aliphatic hydroxyl groups is 1. The molecule has 0 aliphatic carbocycles. The van der Waals surface area contributed by atoms with Crippen LogP contribution in [0, 0.1) is 11.6 Å². The van der Waals surface area contributed by atoms with Crippen LogP contribution in [0.1, 0.15) is 12.5 Å². The van der Waals surface area contributed by atoms with Crippen LogP contribution in [0.15, 0.2) is 30.5 Å². The van der Waals surface area contributed by atoms with E-state index in [4.69, 9.17) is 5.11 Å². The van der Waals surface area contributed by atoms with Gasteiger partial charge in [-0.3, -0.25) is 5.32 Å². The number of anilines is 2. The van der Waals surface area contributed by atoms with Crippen molar-refractivity contribution in [3.63, 3.8) is 0 Å². The second kappa shape index (κ2) is 8.49. The Labute approximate surface area is 176 Å². The van der Waals surface area contributed by atoms with E-state index in [-0.39, 0.29) is 30.3 Å². The van der Waals surface area contributed by atoms with Crippen LogP contribution < -0.4 is 10.2 Å². The molecule has 158 valence electrons. The fourth-order valence-electron chi connectivity index (χ4n) is 3.54. The van der Waals surface area contributed by atoms with Crippen molar-refractivity contribution >= 4 is 38.5 Å². The van der Waals surface area contributed by atoms with Crippen LogP contribution >= 0.6 is 11.3 Å². The zero-order chi connectivity index (χ0) is 21.3. The molecule has 4 rings (SSSR count). The molecule has 1 aliphatic rings. The van der Waals surface area contributed by atoms with Crippen molar-refractivity contribution in [2.75, 3.05) is 36.5 Å². The number of pyridine rings is 1. The first-order valence-electron chi connectivity index (χ1n) is 9.58. The lowest BCUT2D eigenvalue weighted by atomic mass is 10.1. The standard InChI is InChI=1S/C20H21F2N5O2S/c1-12-11-26(18-15(22)8-13(4-7-28)10-23-18)5-6-27(12)20(29)25-19-24-16-3-2-14(21)9-17(16)30-19/h2-3,8-10,12,28H,4-7,11H2,1H3,(H,24,25,29). The average Bonchev–Trinajstić information content (AvgIpc) is 3.09. The number of hydrogen-bond donors (Lipinski definition) is 2. The van der Waals surface area contributed by atoms with Gasteiger partial charge in [0.1, 0.15) is 5.82 Å². The first-order valence-corrected chi connectivity index (χ1v) is 10.4. The Bertz CT molecular complexity index is 1080. The molecule has 1 unspecified atom stereocenters. The highest BCUT2D eigenvalue weighted by molar-refractivity contribution is 7.22.